The van der Waals surface area contributed by atoms with Crippen molar-refractivity contribution in [3.8, 4) is 11.3 Å². The standard InChI is InChI=1S/C41H45N/c1-39(2,3)32-17-15-27(16-18-32)36-19-11-26(25-42-36)10-12-28-20-31-23-33(40(4,5)6)21-29-13-14-30-22-34(41(7,8)9)24-35(28)38(30)37(29)31/h11,13-25H,10,12H2,1-9H3. The highest BCUT2D eigenvalue weighted by Gasteiger charge is 2.21. The SMILES string of the molecule is CC(C)(C)c1ccc(-c2ccc(CCc3cc4cc(C(C)(C)C)cc5ccc6cc(C(C)(C)C)cc3c6c54)cn2)cc1. The molecule has 0 fully saturated rings. The highest BCUT2D eigenvalue weighted by atomic mass is 14.7. The van der Waals surface area contributed by atoms with Crippen molar-refractivity contribution < 1.29 is 0 Å². The molecule has 1 heteroatoms. The van der Waals surface area contributed by atoms with E-state index in [1.54, 1.807) is 0 Å². The Hall–Kier alpha value is -3.71. The van der Waals surface area contributed by atoms with Gasteiger partial charge in [0.2, 0.25) is 0 Å². The summed E-state index contributed by atoms with van der Waals surface area (Å²) in [6.45, 7) is 20.7. The predicted octanol–water partition coefficient (Wildman–Crippen LogP) is 11.3. The molecule has 0 amide bonds. The molecule has 0 unspecified atom stereocenters. The summed E-state index contributed by atoms with van der Waals surface area (Å²) in [5.41, 5.74) is 9.40. The first-order valence-corrected chi connectivity index (χ1v) is 15.5. The van der Waals surface area contributed by atoms with Gasteiger partial charge in [0.15, 0.2) is 0 Å². The van der Waals surface area contributed by atoms with Gasteiger partial charge in [0.05, 0.1) is 5.69 Å². The highest BCUT2D eigenvalue weighted by Crippen LogP contribution is 2.41. The van der Waals surface area contributed by atoms with Gasteiger partial charge in [-0.2, -0.15) is 0 Å². The third-order valence-corrected chi connectivity index (χ3v) is 9.02. The normalized spacial score (nSPS) is 13.1. The number of aromatic nitrogens is 1. The van der Waals surface area contributed by atoms with Gasteiger partial charge in [0.25, 0.3) is 0 Å². The molecular formula is C41H45N. The van der Waals surface area contributed by atoms with Crippen LogP contribution in [0, 0.1) is 0 Å². The van der Waals surface area contributed by atoms with Gasteiger partial charge in [-0.1, -0.05) is 135 Å². The second kappa shape index (κ2) is 9.94. The zero-order valence-corrected chi connectivity index (χ0v) is 26.9. The number of benzene rings is 5. The Morgan fingerprint density at radius 1 is 0.500 bits per heavy atom. The number of nitrogens with zero attached hydrogens (tertiary/aromatic N) is 1. The van der Waals surface area contributed by atoms with Crippen LogP contribution in [0.25, 0.3) is 43.6 Å². The fraction of sp³-hybridized carbons (Fsp3) is 0.341. The lowest BCUT2D eigenvalue weighted by Crippen LogP contribution is -2.12. The summed E-state index contributed by atoms with van der Waals surface area (Å²) in [5.74, 6) is 0. The zero-order chi connectivity index (χ0) is 30.0. The van der Waals surface area contributed by atoms with Crippen molar-refractivity contribution >= 4 is 32.3 Å². The first-order valence-electron chi connectivity index (χ1n) is 15.5. The molecule has 0 aliphatic carbocycles. The minimum atomic E-state index is 0.0892. The molecule has 0 spiro atoms. The molecule has 1 aromatic heterocycles. The average Bonchev–Trinajstić information content (AvgIpc) is 2.93. The molecule has 0 saturated heterocycles. The molecule has 0 aliphatic rings. The summed E-state index contributed by atoms with van der Waals surface area (Å²) in [5, 5.41) is 8.29. The van der Waals surface area contributed by atoms with E-state index in [4.69, 9.17) is 4.98 Å². The second-order valence-corrected chi connectivity index (χ2v) is 15.4. The summed E-state index contributed by atoms with van der Waals surface area (Å²) in [7, 11) is 0. The van der Waals surface area contributed by atoms with Gasteiger partial charge in [0.1, 0.15) is 0 Å². The van der Waals surface area contributed by atoms with E-state index < -0.39 is 0 Å². The molecule has 1 nitrogen and oxygen atoms in total. The molecule has 6 aromatic rings. The summed E-state index contributed by atoms with van der Waals surface area (Å²) in [4.78, 5) is 4.88. The third-order valence-electron chi connectivity index (χ3n) is 9.02. The fourth-order valence-corrected chi connectivity index (χ4v) is 6.23. The Bertz CT molecular complexity index is 1880. The third kappa shape index (κ3) is 5.31. The molecule has 0 aliphatic heterocycles. The van der Waals surface area contributed by atoms with Crippen LogP contribution in [0.15, 0.2) is 85.1 Å². The molecule has 0 atom stereocenters. The van der Waals surface area contributed by atoms with Gasteiger partial charge >= 0.3 is 0 Å². The van der Waals surface area contributed by atoms with Crippen LogP contribution in [0.3, 0.4) is 0 Å². The van der Waals surface area contributed by atoms with Gasteiger partial charge < -0.3 is 0 Å². The lowest BCUT2D eigenvalue weighted by molar-refractivity contribution is 0.590. The maximum absolute atomic E-state index is 4.88. The van der Waals surface area contributed by atoms with Crippen molar-refractivity contribution in [2.24, 2.45) is 0 Å². The summed E-state index contributed by atoms with van der Waals surface area (Å²) in [6.07, 6.45) is 4.02. The Morgan fingerprint density at radius 2 is 1.07 bits per heavy atom. The van der Waals surface area contributed by atoms with Crippen molar-refractivity contribution in [3.63, 3.8) is 0 Å². The first kappa shape index (κ1) is 28.4. The lowest BCUT2D eigenvalue weighted by Gasteiger charge is -2.24. The molecule has 5 aromatic carbocycles. The van der Waals surface area contributed by atoms with Crippen LogP contribution in [0.1, 0.15) is 90.1 Å². The van der Waals surface area contributed by atoms with Gasteiger partial charge in [-0.05, 0) is 95.3 Å². The van der Waals surface area contributed by atoms with Crippen molar-refractivity contribution in [2.75, 3.05) is 0 Å². The van der Waals surface area contributed by atoms with Gasteiger partial charge in [-0.15, -0.1) is 0 Å². The van der Waals surface area contributed by atoms with Crippen LogP contribution in [0.2, 0.25) is 0 Å². The molecule has 0 N–H and O–H groups in total. The molecule has 214 valence electrons. The maximum Gasteiger partial charge on any atom is 0.0702 e. The topological polar surface area (TPSA) is 12.9 Å². The molecule has 0 bridgehead atoms. The average molecular weight is 552 g/mol. The monoisotopic (exact) mass is 551 g/mol. The number of rotatable bonds is 4. The Labute approximate surface area is 252 Å². The number of hydrogen-bond donors (Lipinski definition) is 0. The Balaban J connectivity index is 1.39. The molecule has 6 rings (SSSR count). The molecule has 0 radical (unpaired) electrons. The summed E-state index contributed by atoms with van der Waals surface area (Å²) < 4.78 is 0. The highest BCUT2D eigenvalue weighted by molar-refractivity contribution is 6.24. The van der Waals surface area contributed by atoms with Crippen LogP contribution in [0.5, 0.6) is 0 Å². The van der Waals surface area contributed by atoms with Crippen LogP contribution in [-0.2, 0) is 29.1 Å². The molecule has 42 heavy (non-hydrogen) atoms. The summed E-state index contributed by atoms with van der Waals surface area (Å²) >= 11 is 0. The van der Waals surface area contributed by atoms with Gasteiger partial charge in [0, 0.05) is 11.8 Å². The smallest absolute Gasteiger partial charge is 0.0702 e. The number of aryl methyl sites for hydroxylation is 2. The number of hydrogen-bond acceptors (Lipinski definition) is 1. The Morgan fingerprint density at radius 3 is 1.64 bits per heavy atom. The minimum absolute atomic E-state index is 0.0892. The Kier molecular flexibility index (Phi) is 6.72. The lowest BCUT2D eigenvalue weighted by atomic mass is 9.80. The van der Waals surface area contributed by atoms with E-state index in [1.165, 1.54) is 65.7 Å². The first-order chi connectivity index (χ1) is 19.7. The van der Waals surface area contributed by atoms with E-state index in [1.807, 2.05) is 0 Å². The largest absolute Gasteiger partial charge is 0.256 e. The van der Waals surface area contributed by atoms with Crippen LogP contribution >= 0.6 is 0 Å². The van der Waals surface area contributed by atoms with E-state index in [0.717, 1.165) is 18.5 Å². The van der Waals surface area contributed by atoms with E-state index in [9.17, 15) is 0 Å². The maximum atomic E-state index is 4.88. The van der Waals surface area contributed by atoms with Crippen LogP contribution in [-0.4, -0.2) is 4.98 Å². The second-order valence-electron chi connectivity index (χ2n) is 15.4. The number of pyridine rings is 1. The van der Waals surface area contributed by atoms with Crippen molar-refractivity contribution in [1.29, 1.82) is 0 Å². The van der Waals surface area contributed by atoms with Crippen molar-refractivity contribution in [1.82, 2.24) is 4.98 Å². The molecule has 0 saturated carbocycles. The zero-order valence-electron chi connectivity index (χ0n) is 26.9. The van der Waals surface area contributed by atoms with Gasteiger partial charge in [-0.3, -0.25) is 4.98 Å². The predicted molar refractivity (Wildman–Crippen MR) is 183 cm³/mol. The van der Waals surface area contributed by atoms with E-state index in [2.05, 4.69) is 147 Å². The quantitative estimate of drug-likeness (QED) is 0.199. The van der Waals surface area contributed by atoms with E-state index in [-0.39, 0.29) is 16.2 Å². The van der Waals surface area contributed by atoms with Crippen molar-refractivity contribution in [3.05, 3.63) is 113 Å². The van der Waals surface area contributed by atoms with E-state index in [0.29, 0.717) is 0 Å². The minimum Gasteiger partial charge on any atom is -0.256 e. The van der Waals surface area contributed by atoms with Crippen LogP contribution in [0.4, 0.5) is 0 Å². The molecule has 1 heterocycles. The van der Waals surface area contributed by atoms with Crippen LogP contribution < -0.4 is 0 Å². The fourth-order valence-electron chi connectivity index (χ4n) is 6.23. The van der Waals surface area contributed by atoms with E-state index >= 15 is 0 Å². The van der Waals surface area contributed by atoms with Gasteiger partial charge in [-0.25, -0.2) is 0 Å². The molecular weight excluding hydrogens is 506 g/mol. The van der Waals surface area contributed by atoms with Crippen molar-refractivity contribution in [2.45, 2.75) is 91.4 Å². The summed E-state index contributed by atoms with van der Waals surface area (Å²) in [6, 6.07) is 30.2.